The van der Waals surface area contributed by atoms with Crippen LogP contribution in [0.4, 0.5) is 0 Å². The van der Waals surface area contributed by atoms with Crippen LogP contribution in [0.15, 0.2) is 12.2 Å². The lowest BCUT2D eigenvalue weighted by molar-refractivity contribution is -0.145. The van der Waals surface area contributed by atoms with Crippen molar-refractivity contribution in [3.8, 4) is 0 Å². The Morgan fingerprint density at radius 3 is 1.79 bits per heavy atom. The van der Waals surface area contributed by atoms with Gasteiger partial charge in [-0.1, -0.05) is 46.8 Å². The molecule has 0 saturated heterocycles. The predicted molar refractivity (Wildman–Crippen MR) is 74.8 cm³/mol. The van der Waals surface area contributed by atoms with Crippen molar-refractivity contribution in [3.05, 3.63) is 12.2 Å². The Kier molecular flexibility index (Phi) is 7.42. The predicted octanol–water partition coefficient (Wildman–Crippen LogP) is 3.28. The summed E-state index contributed by atoms with van der Waals surface area (Å²) in [5.74, 6) is -2.42. The minimum atomic E-state index is -0.800. The number of aliphatic carboxylic acids is 2. The molecule has 3 atom stereocenters. The van der Waals surface area contributed by atoms with Crippen molar-refractivity contribution in [2.75, 3.05) is 0 Å². The fourth-order valence-electron chi connectivity index (χ4n) is 2.33. The number of allylic oxidation sites excluding steroid dienone is 2. The molecule has 110 valence electrons. The Hall–Kier alpha value is -1.32. The molecule has 0 aliphatic carbocycles. The maximum Gasteiger partial charge on any atom is 0.307 e. The van der Waals surface area contributed by atoms with Crippen molar-refractivity contribution in [3.63, 3.8) is 0 Å². The van der Waals surface area contributed by atoms with Gasteiger partial charge < -0.3 is 10.2 Å². The molecule has 0 rings (SSSR count). The van der Waals surface area contributed by atoms with Gasteiger partial charge >= 0.3 is 11.9 Å². The lowest BCUT2D eigenvalue weighted by Crippen LogP contribution is -2.25. The zero-order valence-electron chi connectivity index (χ0n) is 12.5. The first-order valence-corrected chi connectivity index (χ1v) is 6.80. The molecule has 0 aromatic rings. The van der Waals surface area contributed by atoms with Crippen LogP contribution in [-0.4, -0.2) is 22.2 Å². The molecule has 0 spiro atoms. The highest BCUT2D eigenvalue weighted by molar-refractivity contribution is 5.71. The van der Waals surface area contributed by atoms with Gasteiger partial charge in [0.25, 0.3) is 0 Å². The Morgan fingerprint density at radius 2 is 1.47 bits per heavy atom. The van der Waals surface area contributed by atoms with Gasteiger partial charge in [-0.25, -0.2) is 0 Å². The van der Waals surface area contributed by atoms with Gasteiger partial charge in [-0.2, -0.15) is 0 Å². The molecule has 0 aromatic carbocycles. The molecule has 2 N–H and O–H groups in total. The van der Waals surface area contributed by atoms with Crippen LogP contribution in [0.5, 0.6) is 0 Å². The van der Waals surface area contributed by atoms with E-state index in [4.69, 9.17) is 5.11 Å². The Morgan fingerprint density at radius 1 is 0.947 bits per heavy atom. The highest BCUT2D eigenvalue weighted by Gasteiger charge is 2.26. The Balaban J connectivity index is 4.62. The van der Waals surface area contributed by atoms with Gasteiger partial charge in [-0.3, -0.25) is 9.59 Å². The molecule has 0 radical (unpaired) electrons. The van der Waals surface area contributed by atoms with Gasteiger partial charge in [0.2, 0.25) is 0 Å². The van der Waals surface area contributed by atoms with Crippen molar-refractivity contribution in [1.29, 1.82) is 0 Å². The van der Waals surface area contributed by atoms with E-state index < -0.39 is 23.8 Å². The maximum absolute atomic E-state index is 11.2. The van der Waals surface area contributed by atoms with Crippen LogP contribution in [0.2, 0.25) is 0 Å². The van der Waals surface area contributed by atoms with Crippen LogP contribution >= 0.6 is 0 Å². The topological polar surface area (TPSA) is 74.6 Å². The van der Waals surface area contributed by atoms with Gasteiger partial charge in [0.15, 0.2) is 0 Å². The van der Waals surface area contributed by atoms with Crippen molar-refractivity contribution in [2.45, 2.75) is 41.0 Å². The lowest BCUT2D eigenvalue weighted by Gasteiger charge is -2.21. The molecule has 0 unspecified atom stereocenters. The molecular weight excluding hydrogens is 244 g/mol. The Labute approximate surface area is 115 Å². The van der Waals surface area contributed by atoms with E-state index in [2.05, 4.69) is 0 Å². The van der Waals surface area contributed by atoms with E-state index in [1.165, 1.54) is 0 Å². The maximum atomic E-state index is 11.2. The molecule has 0 aliphatic heterocycles. The summed E-state index contributed by atoms with van der Waals surface area (Å²) in [6, 6.07) is 0. The molecule has 0 aromatic heterocycles. The smallest absolute Gasteiger partial charge is 0.307 e. The third kappa shape index (κ3) is 5.90. The fourth-order valence-corrected chi connectivity index (χ4v) is 2.33. The van der Waals surface area contributed by atoms with Crippen LogP contribution < -0.4 is 0 Å². The van der Waals surface area contributed by atoms with E-state index in [0.717, 1.165) is 0 Å². The third-order valence-corrected chi connectivity index (χ3v) is 3.52. The van der Waals surface area contributed by atoms with Gasteiger partial charge in [-0.15, -0.1) is 0 Å². The largest absolute Gasteiger partial charge is 0.481 e. The fraction of sp³-hybridized carbons (Fsp3) is 0.733. The van der Waals surface area contributed by atoms with Crippen LogP contribution in [-0.2, 0) is 9.59 Å². The summed E-state index contributed by atoms with van der Waals surface area (Å²) in [6.45, 7) is 9.39. The van der Waals surface area contributed by atoms with Gasteiger partial charge in [0.05, 0.1) is 11.8 Å². The normalized spacial score (nSPS) is 16.8. The van der Waals surface area contributed by atoms with Crippen molar-refractivity contribution in [1.82, 2.24) is 0 Å². The number of carboxylic acids is 2. The molecule has 19 heavy (non-hydrogen) atoms. The molecule has 0 fully saturated rings. The first-order chi connectivity index (χ1) is 8.68. The van der Waals surface area contributed by atoms with E-state index in [9.17, 15) is 14.7 Å². The summed E-state index contributed by atoms with van der Waals surface area (Å²) < 4.78 is 0. The molecule has 4 nitrogen and oxygen atoms in total. The van der Waals surface area contributed by atoms with Crippen molar-refractivity contribution >= 4 is 11.9 Å². The van der Waals surface area contributed by atoms with Crippen LogP contribution in [0, 0.1) is 29.6 Å². The molecule has 0 heterocycles. The summed E-state index contributed by atoms with van der Waals surface area (Å²) in [5.41, 5.74) is 0. The second kappa shape index (κ2) is 7.97. The highest BCUT2D eigenvalue weighted by atomic mass is 16.4. The monoisotopic (exact) mass is 270 g/mol. The van der Waals surface area contributed by atoms with Crippen LogP contribution in [0.25, 0.3) is 0 Å². The quantitative estimate of drug-likeness (QED) is 0.664. The van der Waals surface area contributed by atoms with E-state index in [0.29, 0.717) is 6.42 Å². The molecule has 4 heteroatoms. The number of rotatable bonds is 8. The minimum absolute atomic E-state index is 0.0533. The molecular formula is C15H26O4. The van der Waals surface area contributed by atoms with E-state index in [-0.39, 0.29) is 17.8 Å². The number of hydrogen-bond acceptors (Lipinski definition) is 2. The molecule has 0 amide bonds. The standard InChI is InChI=1S/C15H26O4/c1-9(2)12(14(16)17)8-6-7-11(5)13(10(3)4)15(18)19/h6-7,9-13H,8H2,1-5H3,(H,16,17)(H,18,19)/b7-6+/t11-,12-,13+/m0/s1. The lowest BCUT2D eigenvalue weighted by atomic mass is 9.83. The van der Waals surface area contributed by atoms with E-state index in [1.54, 1.807) is 0 Å². The summed E-state index contributed by atoms with van der Waals surface area (Å²) in [5, 5.41) is 18.2. The number of hydrogen-bond donors (Lipinski definition) is 2. The van der Waals surface area contributed by atoms with E-state index in [1.807, 2.05) is 46.8 Å². The molecule has 0 aliphatic rings. The first-order valence-electron chi connectivity index (χ1n) is 6.80. The Bertz CT molecular complexity index is 331. The minimum Gasteiger partial charge on any atom is -0.481 e. The van der Waals surface area contributed by atoms with Crippen LogP contribution in [0.1, 0.15) is 41.0 Å². The summed E-state index contributed by atoms with van der Waals surface area (Å²) in [4.78, 5) is 22.2. The van der Waals surface area contributed by atoms with Gasteiger partial charge in [-0.05, 0) is 24.2 Å². The summed E-state index contributed by atoms with van der Waals surface area (Å²) in [7, 11) is 0. The van der Waals surface area contributed by atoms with Crippen LogP contribution in [0.3, 0.4) is 0 Å². The zero-order valence-corrected chi connectivity index (χ0v) is 12.5. The number of carboxylic acid groups (broad SMARTS) is 2. The third-order valence-electron chi connectivity index (χ3n) is 3.52. The SMILES string of the molecule is CC(C)[C@H](C/C=C/[C@H](C)[C@H](C(=O)O)C(C)C)C(=O)O. The highest BCUT2D eigenvalue weighted by Crippen LogP contribution is 2.23. The van der Waals surface area contributed by atoms with Crippen molar-refractivity contribution < 1.29 is 19.8 Å². The summed E-state index contributed by atoms with van der Waals surface area (Å²) >= 11 is 0. The second-order valence-corrected chi connectivity index (χ2v) is 5.82. The van der Waals surface area contributed by atoms with Gasteiger partial charge in [0, 0.05) is 0 Å². The average molecular weight is 270 g/mol. The van der Waals surface area contributed by atoms with Crippen molar-refractivity contribution in [2.24, 2.45) is 29.6 Å². The summed E-state index contributed by atoms with van der Waals surface area (Å²) in [6.07, 6.45) is 4.08. The van der Waals surface area contributed by atoms with Gasteiger partial charge in [0.1, 0.15) is 0 Å². The molecule has 0 saturated carbocycles. The second-order valence-electron chi connectivity index (χ2n) is 5.82. The van der Waals surface area contributed by atoms with E-state index >= 15 is 0 Å². The molecule has 0 bridgehead atoms. The average Bonchev–Trinajstić information content (AvgIpc) is 2.21. The zero-order chi connectivity index (χ0) is 15.2. The first kappa shape index (κ1) is 17.7. The number of carbonyl (C=O) groups is 2.